The largest absolute Gasteiger partial charge is 0.462 e. The second-order valence-electron chi connectivity index (χ2n) is 8.65. The lowest BCUT2D eigenvalue weighted by Crippen LogP contribution is -2.55. The van der Waals surface area contributed by atoms with E-state index >= 15 is 0 Å². The maximum absolute atomic E-state index is 11.5. The lowest BCUT2D eigenvalue weighted by Gasteiger charge is -2.59. The van der Waals surface area contributed by atoms with Gasteiger partial charge >= 0.3 is 5.97 Å². The summed E-state index contributed by atoms with van der Waals surface area (Å²) in [6.45, 7) is 18.9. The molecule has 4 atom stereocenters. The van der Waals surface area contributed by atoms with E-state index in [4.69, 9.17) is 4.74 Å². The van der Waals surface area contributed by atoms with Crippen LogP contribution in [0, 0.1) is 22.7 Å². The van der Waals surface area contributed by atoms with Crippen molar-refractivity contribution < 1.29 is 9.53 Å². The number of ether oxygens (including phenoxy) is 1. The van der Waals surface area contributed by atoms with Gasteiger partial charge in [-0.05, 0) is 56.3 Å². The molecular formula is C22H34O2. The molecule has 0 aromatic heterocycles. The summed E-state index contributed by atoms with van der Waals surface area (Å²) >= 11 is 0. The number of rotatable bonds is 4. The molecule has 2 fully saturated rings. The van der Waals surface area contributed by atoms with Crippen molar-refractivity contribution in [2.45, 2.75) is 72.8 Å². The number of esters is 1. The second kappa shape index (κ2) is 6.90. The average Bonchev–Trinajstić information content (AvgIpc) is 2.49. The van der Waals surface area contributed by atoms with Crippen molar-refractivity contribution >= 4 is 5.97 Å². The molecule has 0 saturated heterocycles. The topological polar surface area (TPSA) is 26.3 Å². The van der Waals surface area contributed by atoms with Gasteiger partial charge in [0.2, 0.25) is 0 Å². The SMILES string of the molecule is C=C/C(C)=C/C[C@@H]1C(=C)CC[C@@H]2C(C)(C)[C@H](OC(C)=O)CC[C@@]12C. The number of fused-ring (bicyclic) bond motifs is 1. The highest BCUT2D eigenvalue weighted by molar-refractivity contribution is 5.66. The second-order valence-corrected chi connectivity index (χ2v) is 8.65. The Balaban J connectivity index is 2.30. The van der Waals surface area contributed by atoms with Crippen molar-refractivity contribution in [1.82, 2.24) is 0 Å². The predicted molar refractivity (Wildman–Crippen MR) is 101 cm³/mol. The minimum atomic E-state index is -0.155. The van der Waals surface area contributed by atoms with Crippen LogP contribution in [0.4, 0.5) is 0 Å². The highest BCUT2D eigenvalue weighted by Crippen LogP contribution is 2.62. The van der Waals surface area contributed by atoms with Crippen LogP contribution in [0.5, 0.6) is 0 Å². The summed E-state index contributed by atoms with van der Waals surface area (Å²) in [5, 5.41) is 0. The molecular weight excluding hydrogens is 296 g/mol. The number of hydrogen-bond donors (Lipinski definition) is 0. The predicted octanol–water partition coefficient (Wildman–Crippen LogP) is 5.85. The van der Waals surface area contributed by atoms with Gasteiger partial charge in [-0.25, -0.2) is 0 Å². The van der Waals surface area contributed by atoms with Crippen LogP contribution in [0.1, 0.15) is 66.7 Å². The molecule has 2 rings (SSSR count). The summed E-state index contributed by atoms with van der Waals surface area (Å²) in [6, 6.07) is 0. The zero-order valence-electron chi connectivity index (χ0n) is 16.2. The third-order valence-corrected chi connectivity index (χ3v) is 6.82. The normalized spacial score (nSPS) is 36.0. The molecule has 2 aliphatic rings. The maximum atomic E-state index is 11.5. The molecule has 0 amide bonds. The van der Waals surface area contributed by atoms with E-state index in [2.05, 4.69) is 46.9 Å². The first-order chi connectivity index (χ1) is 11.1. The quantitative estimate of drug-likeness (QED) is 0.367. The zero-order valence-corrected chi connectivity index (χ0v) is 16.2. The molecule has 0 aromatic carbocycles. The first-order valence-corrected chi connectivity index (χ1v) is 9.27. The van der Waals surface area contributed by atoms with Crippen LogP contribution in [0.25, 0.3) is 0 Å². The standard InChI is InChI=1S/C22H34O2/c1-8-15(2)9-11-18-16(3)10-12-19-21(5,6)20(24-17(4)23)13-14-22(18,19)7/h8-9,18-20H,1,3,10-14H2,2,4-7H3/b15-9+/t18-,19-,20-,22+/m1/s1. The Hall–Kier alpha value is -1.31. The summed E-state index contributed by atoms with van der Waals surface area (Å²) < 4.78 is 5.69. The molecule has 24 heavy (non-hydrogen) atoms. The summed E-state index contributed by atoms with van der Waals surface area (Å²) in [5.74, 6) is 0.901. The fraction of sp³-hybridized carbons (Fsp3) is 0.682. The third kappa shape index (κ3) is 3.38. The van der Waals surface area contributed by atoms with Crippen molar-refractivity contribution in [3.05, 3.63) is 36.5 Å². The van der Waals surface area contributed by atoms with E-state index in [-0.39, 0.29) is 22.9 Å². The van der Waals surface area contributed by atoms with Gasteiger partial charge in [-0.2, -0.15) is 0 Å². The Morgan fingerprint density at radius 1 is 1.29 bits per heavy atom. The van der Waals surface area contributed by atoms with E-state index in [1.54, 1.807) is 0 Å². The Kier molecular flexibility index (Phi) is 5.47. The van der Waals surface area contributed by atoms with Gasteiger partial charge in [-0.15, -0.1) is 0 Å². The smallest absolute Gasteiger partial charge is 0.302 e. The van der Waals surface area contributed by atoms with Gasteiger partial charge in [0.05, 0.1) is 0 Å². The van der Waals surface area contributed by atoms with E-state index in [1.807, 2.05) is 6.08 Å². The highest BCUT2D eigenvalue weighted by atomic mass is 16.5. The summed E-state index contributed by atoms with van der Waals surface area (Å²) in [6.07, 6.45) is 9.60. The van der Waals surface area contributed by atoms with Crippen molar-refractivity contribution in [1.29, 1.82) is 0 Å². The van der Waals surface area contributed by atoms with Gasteiger partial charge < -0.3 is 4.74 Å². The Morgan fingerprint density at radius 3 is 2.54 bits per heavy atom. The van der Waals surface area contributed by atoms with Gasteiger partial charge in [0.25, 0.3) is 0 Å². The van der Waals surface area contributed by atoms with Gasteiger partial charge in [0, 0.05) is 12.3 Å². The van der Waals surface area contributed by atoms with Crippen molar-refractivity contribution in [2.75, 3.05) is 0 Å². The van der Waals surface area contributed by atoms with E-state index in [1.165, 1.54) is 18.1 Å². The lowest BCUT2D eigenvalue weighted by molar-refractivity contribution is -0.173. The van der Waals surface area contributed by atoms with Gasteiger partial charge in [0.15, 0.2) is 0 Å². The minimum Gasteiger partial charge on any atom is -0.462 e. The summed E-state index contributed by atoms with van der Waals surface area (Å²) in [5.41, 5.74) is 2.87. The van der Waals surface area contributed by atoms with Crippen LogP contribution < -0.4 is 0 Å². The molecule has 0 radical (unpaired) electrons. The third-order valence-electron chi connectivity index (χ3n) is 6.82. The minimum absolute atomic E-state index is 0.00875. The van der Waals surface area contributed by atoms with Crippen LogP contribution in [0.15, 0.2) is 36.5 Å². The van der Waals surface area contributed by atoms with Crippen molar-refractivity contribution in [3.8, 4) is 0 Å². The molecule has 0 bridgehead atoms. The van der Waals surface area contributed by atoms with Crippen LogP contribution in [-0.2, 0) is 9.53 Å². The number of carbonyl (C=O) groups excluding carboxylic acids is 1. The van der Waals surface area contributed by atoms with Crippen LogP contribution >= 0.6 is 0 Å². The molecule has 2 heteroatoms. The van der Waals surface area contributed by atoms with Gasteiger partial charge in [-0.3, -0.25) is 4.79 Å². The van der Waals surface area contributed by atoms with Crippen LogP contribution in [-0.4, -0.2) is 12.1 Å². The Labute approximate surface area is 148 Å². The van der Waals surface area contributed by atoms with Gasteiger partial charge in [-0.1, -0.05) is 57.2 Å². The number of allylic oxidation sites excluding steroid dienone is 4. The molecule has 0 N–H and O–H groups in total. The van der Waals surface area contributed by atoms with E-state index in [9.17, 15) is 4.79 Å². The van der Waals surface area contributed by atoms with Crippen molar-refractivity contribution in [2.24, 2.45) is 22.7 Å². The number of hydrogen-bond acceptors (Lipinski definition) is 2. The Bertz CT molecular complexity index is 554. The molecule has 0 spiro atoms. The zero-order chi connectivity index (χ0) is 18.1. The van der Waals surface area contributed by atoms with Crippen LogP contribution in [0.2, 0.25) is 0 Å². The first-order valence-electron chi connectivity index (χ1n) is 9.27. The lowest BCUT2D eigenvalue weighted by atomic mass is 9.46. The molecule has 0 unspecified atom stereocenters. The summed E-state index contributed by atoms with van der Waals surface area (Å²) in [4.78, 5) is 11.5. The van der Waals surface area contributed by atoms with E-state index in [0.29, 0.717) is 11.8 Å². The van der Waals surface area contributed by atoms with Gasteiger partial charge in [0.1, 0.15) is 6.10 Å². The highest BCUT2D eigenvalue weighted by Gasteiger charge is 2.56. The fourth-order valence-corrected chi connectivity index (χ4v) is 5.39. The molecule has 0 heterocycles. The Morgan fingerprint density at radius 2 is 1.96 bits per heavy atom. The van der Waals surface area contributed by atoms with Crippen LogP contribution in [0.3, 0.4) is 0 Å². The van der Waals surface area contributed by atoms with Crippen molar-refractivity contribution in [3.63, 3.8) is 0 Å². The first kappa shape index (κ1) is 19.0. The summed E-state index contributed by atoms with van der Waals surface area (Å²) in [7, 11) is 0. The van der Waals surface area contributed by atoms with E-state index < -0.39 is 0 Å². The molecule has 0 aliphatic heterocycles. The fourth-order valence-electron chi connectivity index (χ4n) is 5.39. The average molecular weight is 331 g/mol. The monoisotopic (exact) mass is 330 g/mol. The molecule has 2 aliphatic carbocycles. The molecule has 0 aromatic rings. The van der Waals surface area contributed by atoms with E-state index in [0.717, 1.165) is 32.1 Å². The number of carbonyl (C=O) groups is 1. The molecule has 134 valence electrons. The molecule has 2 saturated carbocycles. The molecule has 2 nitrogen and oxygen atoms in total. The maximum Gasteiger partial charge on any atom is 0.302 e.